The fraction of sp³-hybridized carbons (Fsp3) is 0.478. The third-order valence-corrected chi connectivity index (χ3v) is 5.84. The van der Waals surface area contributed by atoms with Crippen LogP contribution in [-0.4, -0.2) is 79.4 Å². The molecule has 1 aliphatic carbocycles. The van der Waals surface area contributed by atoms with E-state index in [1.165, 1.54) is 18.2 Å². The van der Waals surface area contributed by atoms with Gasteiger partial charge in [-0.3, -0.25) is 39.0 Å². The van der Waals surface area contributed by atoms with Crippen molar-refractivity contribution in [3.8, 4) is 0 Å². The van der Waals surface area contributed by atoms with Crippen LogP contribution in [0.2, 0.25) is 0 Å². The van der Waals surface area contributed by atoms with Crippen LogP contribution in [0.1, 0.15) is 46.4 Å². The third-order valence-electron chi connectivity index (χ3n) is 5.84. The zero-order valence-electron chi connectivity index (χ0n) is 19.0. The highest BCUT2D eigenvalue weighted by Gasteiger charge is 2.45. The van der Waals surface area contributed by atoms with Crippen LogP contribution in [0.25, 0.3) is 0 Å². The molecule has 186 valence electrons. The fourth-order valence-electron chi connectivity index (χ4n) is 3.93. The van der Waals surface area contributed by atoms with Gasteiger partial charge in [0.1, 0.15) is 12.6 Å². The van der Waals surface area contributed by atoms with E-state index in [1.807, 2.05) is 0 Å². The van der Waals surface area contributed by atoms with Gasteiger partial charge in [-0.1, -0.05) is 6.07 Å². The van der Waals surface area contributed by atoms with Crippen molar-refractivity contribution in [2.24, 2.45) is 5.92 Å². The number of rotatable bonds is 11. The molecule has 2 heterocycles. The van der Waals surface area contributed by atoms with Crippen molar-refractivity contribution in [1.29, 1.82) is 0 Å². The Kier molecular flexibility index (Phi) is 7.51. The van der Waals surface area contributed by atoms with Crippen LogP contribution in [0, 0.1) is 5.92 Å². The number of imide groups is 2. The Morgan fingerprint density at radius 3 is 2.51 bits per heavy atom. The van der Waals surface area contributed by atoms with Crippen LogP contribution in [-0.2, 0) is 28.7 Å². The topological polar surface area (TPSA) is 160 Å². The number of hydrogen-bond acceptors (Lipinski definition) is 8. The maximum Gasteiger partial charge on any atom is 0.264 e. The highest BCUT2D eigenvalue weighted by molar-refractivity contribution is 6.26. The second-order valence-electron chi connectivity index (χ2n) is 8.45. The Labute approximate surface area is 200 Å². The molecule has 1 aromatic rings. The maximum atomic E-state index is 13.0. The summed E-state index contributed by atoms with van der Waals surface area (Å²) in [4.78, 5) is 74.1. The van der Waals surface area contributed by atoms with Crippen molar-refractivity contribution < 1.29 is 38.2 Å². The van der Waals surface area contributed by atoms with Crippen LogP contribution in [0.4, 0.5) is 5.69 Å². The molecule has 1 aromatic carbocycles. The molecule has 12 heteroatoms. The Morgan fingerprint density at radius 2 is 1.77 bits per heavy atom. The van der Waals surface area contributed by atoms with Crippen molar-refractivity contribution in [1.82, 2.24) is 15.5 Å². The highest BCUT2D eigenvalue weighted by Crippen LogP contribution is 2.32. The zero-order chi connectivity index (χ0) is 24.9. The molecular weight excluding hydrogens is 460 g/mol. The van der Waals surface area contributed by atoms with Crippen molar-refractivity contribution in [2.45, 2.75) is 31.7 Å². The quantitative estimate of drug-likeness (QED) is 0.281. The van der Waals surface area contributed by atoms with Crippen LogP contribution in [0.15, 0.2) is 18.2 Å². The first-order valence-electron chi connectivity index (χ1n) is 11.4. The number of hydrogen-bond donors (Lipinski definition) is 3. The number of nitrogens with zero attached hydrogens (tertiary/aromatic N) is 1. The van der Waals surface area contributed by atoms with E-state index >= 15 is 0 Å². The molecule has 1 unspecified atom stereocenters. The lowest BCUT2D eigenvalue weighted by molar-refractivity contribution is -0.136. The molecule has 0 radical (unpaired) electrons. The number of carbonyl (C=O) groups excluding carboxylic acids is 6. The van der Waals surface area contributed by atoms with E-state index in [0.717, 1.165) is 17.7 Å². The highest BCUT2D eigenvalue weighted by atomic mass is 16.5. The lowest BCUT2D eigenvalue weighted by Crippen LogP contribution is -2.54. The summed E-state index contributed by atoms with van der Waals surface area (Å²) in [6.45, 7) is 0.838. The van der Waals surface area contributed by atoms with Gasteiger partial charge in [-0.15, -0.1) is 0 Å². The lowest BCUT2D eigenvalue weighted by atomic mass is 10.0. The minimum atomic E-state index is -1.09. The van der Waals surface area contributed by atoms with E-state index in [-0.39, 0.29) is 61.3 Å². The molecule has 12 nitrogen and oxygen atoms in total. The van der Waals surface area contributed by atoms with Crippen molar-refractivity contribution in [3.05, 3.63) is 29.3 Å². The van der Waals surface area contributed by atoms with Gasteiger partial charge in [0.2, 0.25) is 23.6 Å². The van der Waals surface area contributed by atoms with Gasteiger partial charge in [0.25, 0.3) is 11.8 Å². The number of benzene rings is 1. The van der Waals surface area contributed by atoms with Gasteiger partial charge in [-0.05, 0) is 31.4 Å². The van der Waals surface area contributed by atoms with Gasteiger partial charge in [0, 0.05) is 18.9 Å². The predicted molar refractivity (Wildman–Crippen MR) is 119 cm³/mol. The molecule has 1 saturated carbocycles. The van der Waals surface area contributed by atoms with E-state index in [1.54, 1.807) is 0 Å². The number of fused-ring (bicyclic) bond motifs is 1. The molecule has 0 spiro atoms. The second-order valence-corrected chi connectivity index (χ2v) is 8.45. The summed E-state index contributed by atoms with van der Waals surface area (Å²) < 4.78 is 10.6. The number of nitrogens with one attached hydrogen (secondary N) is 3. The minimum absolute atomic E-state index is 0.00729. The van der Waals surface area contributed by atoms with Gasteiger partial charge < -0.3 is 20.1 Å². The van der Waals surface area contributed by atoms with Gasteiger partial charge >= 0.3 is 0 Å². The van der Waals surface area contributed by atoms with Crippen LogP contribution >= 0.6 is 0 Å². The standard InChI is InChI=1S/C23H26N4O8/c28-17-7-6-16(21(31)26-17)27-22(32)14-2-1-3-15(19(14)23(27)33)25-18(29)12-35-11-10-34-9-8-24-20(30)13-4-5-13/h1-3,13,16H,4-12H2,(H,24,30)(H,25,29)(H,26,28,31). The van der Waals surface area contributed by atoms with E-state index in [9.17, 15) is 28.8 Å². The molecule has 35 heavy (non-hydrogen) atoms. The number of piperidine rings is 1. The molecule has 3 N–H and O–H groups in total. The van der Waals surface area contributed by atoms with E-state index < -0.39 is 35.6 Å². The maximum absolute atomic E-state index is 13.0. The van der Waals surface area contributed by atoms with Gasteiger partial charge in [-0.2, -0.15) is 0 Å². The van der Waals surface area contributed by atoms with Crippen LogP contribution in [0.3, 0.4) is 0 Å². The van der Waals surface area contributed by atoms with Crippen LogP contribution < -0.4 is 16.0 Å². The Hall–Kier alpha value is -3.64. The fourth-order valence-corrected chi connectivity index (χ4v) is 3.93. The molecule has 1 saturated heterocycles. The summed E-state index contributed by atoms with van der Waals surface area (Å²) >= 11 is 0. The minimum Gasteiger partial charge on any atom is -0.377 e. The van der Waals surface area contributed by atoms with Gasteiger partial charge in [0.15, 0.2) is 0 Å². The van der Waals surface area contributed by atoms with Crippen molar-refractivity contribution >= 4 is 41.1 Å². The first-order chi connectivity index (χ1) is 16.9. The molecule has 2 aliphatic heterocycles. The smallest absolute Gasteiger partial charge is 0.264 e. The summed E-state index contributed by atoms with van der Waals surface area (Å²) in [5, 5.41) is 7.48. The molecule has 4 rings (SSSR count). The zero-order valence-corrected chi connectivity index (χ0v) is 19.0. The molecule has 0 bridgehead atoms. The molecule has 0 aromatic heterocycles. The number of anilines is 1. The summed E-state index contributed by atoms with van der Waals surface area (Å²) in [5.41, 5.74) is 0.194. The monoisotopic (exact) mass is 486 g/mol. The van der Waals surface area contributed by atoms with Crippen LogP contribution in [0.5, 0.6) is 0 Å². The van der Waals surface area contributed by atoms with Crippen molar-refractivity contribution in [3.63, 3.8) is 0 Å². The summed E-state index contributed by atoms with van der Waals surface area (Å²) in [5.74, 6) is -2.86. The average Bonchev–Trinajstić information content (AvgIpc) is 3.64. The Morgan fingerprint density at radius 1 is 1.00 bits per heavy atom. The van der Waals surface area contributed by atoms with Gasteiger partial charge in [-0.25, -0.2) is 0 Å². The molecule has 3 aliphatic rings. The summed E-state index contributed by atoms with van der Waals surface area (Å²) in [7, 11) is 0. The third kappa shape index (κ3) is 5.72. The predicted octanol–water partition coefficient (Wildman–Crippen LogP) is -0.414. The SMILES string of the molecule is O=C1CCC(N2C(=O)c3cccc(NC(=O)COCCOCCNC(=O)C4CC4)c3C2=O)C(=O)N1. The van der Waals surface area contributed by atoms with E-state index in [4.69, 9.17) is 9.47 Å². The van der Waals surface area contributed by atoms with Gasteiger partial charge in [0.05, 0.1) is 36.6 Å². The summed E-state index contributed by atoms with van der Waals surface area (Å²) in [6, 6.07) is 3.35. The average molecular weight is 486 g/mol. The van der Waals surface area contributed by atoms with E-state index in [2.05, 4.69) is 16.0 Å². The summed E-state index contributed by atoms with van der Waals surface area (Å²) in [6.07, 6.45) is 1.94. The largest absolute Gasteiger partial charge is 0.377 e. The first-order valence-corrected chi connectivity index (χ1v) is 11.4. The lowest BCUT2D eigenvalue weighted by Gasteiger charge is -2.27. The molecular formula is C23H26N4O8. The Balaban J connectivity index is 1.23. The number of amides is 6. The Bertz CT molecular complexity index is 1070. The molecule has 2 fully saturated rings. The normalized spacial score (nSPS) is 19.4. The second kappa shape index (κ2) is 10.7. The van der Waals surface area contributed by atoms with Crippen molar-refractivity contribution in [2.75, 3.05) is 38.3 Å². The van der Waals surface area contributed by atoms with E-state index in [0.29, 0.717) is 13.2 Å². The number of ether oxygens (including phenoxy) is 2. The number of carbonyl (C=O) groups is 6. The molecule has 6 amide bonds. The molecule has 1 atom stereocenters. The first kappa shape index (κ1) is 24.5.